The maximum Gasteiger partial charge on any atom is 0.225 e. The fourth-order valence-corrected chi connectivity index (χ4v) is 3.81. The standard InChI is InChI=1S/C14H15ClIN3OS/c1-3-19(9(2)20)14-18-11(8-21-14)7-17-13-5-4-10(15)6-12(13)16/h4-6,8,17H,3,7H2,1-2H3. The summed E-state index contributed by atoms with van der Waals surface area (Å²) in [6, 6.07) is 5.71. The Morgan fingerprint density at radius 2 is 2.29 bits per heavy atom. The molecule has 0 radical (unpaired) electrons. The minimum atomic E-state index is 0.0126. The van der Waals surface area contributed by atoms with Gasteiger partial charge in [-0.25, -0.2) is 4.98 Å². The Balaban J connectivity index is 2.04. The van der Waals surface area contributed by atoms with Crippen LogP contribution in [0.2, 0.25) is 5.02 Å². The van der Waals surface area contributed by atoms with Gasteiger partial charge in [0.05, 0.1) is 12.2 Å². The second-order valence-corrected chi connectivity index (χ2v) is 6.80. The van der Waals surface area contributed by atoms with Crippen LogP contribution in [0.1, 0.15) is 19.5 Å². The van der Waals surface area contributed by atoms with E-state index >= 15 is 0 Å². The van der Waals surface area contributed by atoms with Crippen LogP contribution in [0.5, 0.6) is 0 Å². The topological polar surface area (TPSA) is 45.2 Å². The molecular weight excluding hydrogens is 421 g/mol. The highest BCUT2D eigenvalue weighted by Gasteiger charge is 2.13. The van der Waals surface area contributed by atoms with Crippen LogP contribution in [-0.2, 0) is 11.3 Å². The van der Waals surface area contributed by atoms with Crippen molar-refractivity contribution >= 4 is 62.3 Å². The molecule has 0 bridgehead atoms. The average Bonchev–Trinajstić information content (AvgIpc) is 2.87. The third-order valence-corrected chi connectivity index (χ3v) is 4.90. The lowest BCUT2D eigenvalue weighted by atomic mass is 10.3. The minimum Gasteiger partial charge on any atom is -0.378 e. The van der Waals surface area contributed by atoms with Gasteiger partial charge in [-0.1, -0.05) is 11.6 Å². The molecule has 0 aliphatic heterocycles. The van der Waals surface area contributed by atoms with Gasteiger partial charge in [-0.3, -0.25) is 9.69 Å². The number of benzene rings is 1. The number of hydrogen-bond donors (Lipinski definition) is 1. The molecule has 1 aromatic heterocycles. The fourth-order valence-electron chi connectivity index (χ4n) is 1.81. The molecule has 4 nitrogen and oxygen atoms in total. The van der Waals surface area contributed by atoms with E-state index in [0.29, 0.717) is 13.1 Å². The third kappa shape index (κ3) is 4.31. The van der Waals surface area contributed by atoms with Crippen molar-refractivity contribution in [1.29, 1.82) is 0 Å². The van der Waals surface area contributed by atoms with Crippen LogP contribution < -0.4 is 10.2 Å². The smallest absolute Gasteiger partial charge is 0.225 e. The van der Waals surface area contributed by atoms with E-state index in [0.717, 1.165) is 25.1 Å². The molecule has 2 rings (SSSR count). The molecule has 112 valence electrons. The summed E-state index contributed by atoms with van der Waals surface area (Å²) in [4.78, 5) is 17.7. The lowest BCUT2D eigenvalue weighted by Crippen LogP contribution is -2.27. The Morgan fingerprint density at radius 1 is 1.52 bits per heavy atom. The summed E-state index contributed by atoms with van der Waals surface area (Å²) in [5.41, 5.74) is 1.94. The largest absolute Gasteiger partial charge is 0.378 e. The second-order valence-electron chi connectivity index (χ2n) is 4.36. The van der Waals surface area contributed by atoms with E-state index in [1.165, 1.54) is 11.3 Å². The predicted octanol–water partition coefficient (Wildman–Crippen LogP) is 4.39. The normalized spacial score (nSPS) is 10.5. The number of amides is 1. The predicted molar refractivity (Wildman–Crippen MR) is 97.3 cm³/mol. The Hall–Kier alpha value is -0.860. The summed E-state index contributed by atoms with van der Waals surface area (Å²) < 4.78 is 1.06. The van der Waals surface area contributed by atoms with Crippen LogP contribution in [-0.4, -0.2) is 17.4 Å². The van der Waals surface area contributed by atoms with Crippen LogP contribution in [0.3, 0.4) is 0 Å². The first-order valence-electron chi connectivity index (χ1n) is 6.42. The summed E-state index contributed by atoms with van der Waals surface area (Å²) in [5.74, 6) is 0.0126. The van der Waals surface area contributed by atoms with Crippen LogP contribution in [0.25, 0.3) is 0 Å². The molecule has 1 amide bonds. The quantitative estimate of drug-likeness (QED) is 0.709. The van der Waals surface area contributed by atoms with E-state index in [2.05, 4.69) is 32.9 Å². The van der Waals surface area contributed by atoms with Crippen molar-refractivity contribution in [1.82, 2.24) is 4.98 Å². The van der Waals surface area contributed by atoms with E-state index in [4.69, 9.17) is 11.6 Å². The van der Waals surface area contributed by atoms with Crippen LogP contribution in [0.4, 0.5) is 10.8 Å². The van der Waals surface area contributed by atoms with Crippen molar-refractivity contribution in [2.45, 2.75) is 20.4 Å². The number of nitrogens with zero attached hydrogens (tertiary/aromatic N) is 2. The number of nitrogens with one attached hydrogen (secondary N) is 1. The molecule has 1 aromatic carbocycles. The molecule has 0 atom stereocenters. The van der Waals surface area contributed by atoms with E-state index in [1.807, 2.05) is 30.5 Å². The maximum atomic E-state index is 11.5. The van der Waals surface area contributed by atoms with Gasteiger partial charge in [0, 0.05) is 33.1 Å². The highest BCUT2D eigenvalue weighted by molar-refractivity contribution is 14.1. The van der Waals surface area contributed by atoms with Gasteiger partial charge in [0.25, 0.3) is 0 Å². The number of hydrogen-bond acceptors (Lipinski definition) is 4. The molecular formula is C14H15ClIN3OS. The van der Waals surface area contributed by atoms with Crippen LogP contribution in [0.15, 0.2) is 23.6 Å². The summed E-state index contributed by atoms with van der Waals surface area (Å²) in [7, 11) is 0. The lowest BCUT2D eigenvalue weighted by molar-refractivity contribution is -0.116. The average molecular weight is 436 g/mol. The summed E-state index contributed by atoms with van der Waals surface area (Å²) in [5, 5.41) is 6.77. The molecule has 0 fully saturated rings. The first-order valence-corrected chi connectivity index (χ1v) is 8.76. The van der Waals surface area contributed by atoms with Gasteiger partial charge in [-0.05, 0) is 47.7 Å². The van der Waals surface area contributed by atoms with E-state index in [-0.39, 0.29) is 5.91 Å². The third-order valence-electron chi connectivity index (χ3n) is 2.86. The number of carbonyl (C=O) groups excluding carboxylic acids is 1. The number of rotatable bonds is 5. The molecule has 0 spiro atoms. The molecule has 2 aromatic rings. The minimum absolute atomic E-state index is 0.0126. The lowest BCUT2D eigenvalue weighted by Gasteiger charge is -2.14. The molecule has 0 unspecified atom stereocenters. The van der Waals surface area contributed by atoms with Crippen molar-refractivity contribution in [3.63, 3.8) is 0 Å². The molecule has 7 heteroatoms. The zero-order chi connectivity index (χ0) is 15.4. The molecule has 0 aliphatic carbocycles. The summed E-state index contributed by atoms with van der Waals surface area (Å²) >= 11 is 9.66. The monoisotopic (exact) mass is 435 g/mol. The molecule has 0 aliphatic rings. The van der Waals surface area contributed by atoms with Crippen molar-refractivity contribution in [2.75, 3.05) is 16.8 Å². The summed E-state index contributed by atoms with van der Waals surface area (Å²) in [6.07, 6.45) is 0. The maximum absolute atomic E-state index is 11.5. The Morgan fingerprint density at radius 3 is 2.90 bits per heavy atom. The molecule has 1 heterocycles. The highest BCUT2D eigenvalue weighted by Crippen LogP contribution is 2.24. The van der Waals surface area contributed by atoms with Gasteiger partial charge in [0.2, 0.25) is 5.91 Å². The zero-order valence-electron chi connectivity index (χ0n) is 11.7. The van der Waals surface area contributed by atoms with Crippen molar-refractivity contribution < 1.29 is 4.79 Å². The van der Waals surface area contributed by atoms with Crippen LogP contribution in [0, 0.1) is 3.57 Å². The van der Waals surface area contributed by atoms with E-state index < -0.39 is 0 Å². The van der Waals surface area contributed by atoms with Gasteiger partial charge in [0.1, 0.15) is 0 Å². The zero-order valence-corrected chi connectivity index (χ0v) is 15.4. The van der Waals surface area contributed by atoms with E-state index in [9.17, 15) is 4.79 Å². The van der Waals surface area contributed by atoms with Gasteiger partial charge >= 0.3 is 0 Å². The van der Waals surface area contributed by atoms with Gasteiger partial charge in [-0.15, -0.1) is 11.3 Å². The molecule has 1 N–H and O–H groups in total. The molecule has 0 saturated heterocycles. The summed E-state index contributed by atoms with van der Waals surface area (Å²) in [6.45, 7) is 4.74. The van der Waals surface area contributed by atoms with Gasteiger partial charge in [0.15, 0.2) is 5.13 Å². The van der Waals surface area contributed by atoms with Crippen molar-refractivity contribution in [3.8, 4) is 0 Å². The van der Waals surface area contributed by atoms with Crippen LogP contribution >= 0.6 is 45.5 Å². The number of aromatic nitrogens is 1. The Bertz CT molecular complexity index is 647. The second kappa shape index (κ2) is 7.42. The molecule has 21 heavy (non-hydrogen) atoms. The highest BCUT2D eigenvalue weighted by atomic mass is 127. The molecule has 0 saturated carbocycles. The Kier molecular flexibility index (Phi) is 5.83. The number of thiazole rings is 1. The number of anilines is 2. The van der Waals surface area contributed by atoms with Crippen molar-refractivity contribution in [3.05, 3.63) is 37.9 Å². The number of halogens is 2. The van der Waals surface area contributed by atoms with Gasteiger partial charge < -0.3 is 5.32 Å². The fraction of sp³-hybridized carbons (Fsp3) is 0.286. The van der Waals surface area contributed by atoms with E-state index in [1.54, 1.807) is 11.8 Å². The van der Waals surface area contributed by atoms with Crippen molar-refractivity contribution in [2.24, 2.45) is 0 Å². The SMILES string of the molecule is CCN(C(C)=O)c1nc(CNc2ccc(Cl)cc2I)cs1. The first-order chi connectivity index (χ1) is 10.0. The Labute approximate surface area is 146 Å². The first kappa shape index (κ1) is 16.5. The van der Waals surface area contributed by atoms with Gasteiger partial charge in [-0.2, -0.15) is 0 Å². The number of carbonyl (C=O) groups is 1.